The van der Waals surface area contributed by atoms with E-state index in [2.05, 4.69) is 15.6 Å². The van der Waals surface area contributed by atoms with Crippen LogP contribution in [0.1, 0.15) is 13.3 Å². The van der Waals surface area contributed by atoms with Crippen LogP contribution in [0.4, 0.5) is 16.2 Å². The van der Waals surface area contributed by atoms with Gasteiger partial charge in [0.05, 0.1) is 10.7 Å². The van der Waals surface area contributed by atoms with E-state index < -0.39 is 0 Å². The number of hydrogen-bond acceptors (Lipinski definition) is 3. The monoisotopic (exact) mass is 292 g/mol. The Hall–Kier alpha value is -2.34. The van der Waals surface area contributed by atoms with Crippen molar-refractivity contribution in [2.45, 2.75) is 13.3 Å². The SMILES string of the molecule is CCC(=O)Nc1ccc(Cl)c(NC(=O)n2ccnc2)c1. The van der Waals surface area contributed by atoms with E-state index in [0.717, 1.165) is 0 Å². The first kappa shape index (κ1) is 14.1. The van der Waals surface area contributed by atoms with Crippen molar-refractivity contribution in [3.05, 3.63) is 41.9 Å². The molecule has 1 aromatic carbocycles. The number of hydrogen-bond donors (Lipinski definition) is 2. The molecule has 7 heteroatoms. The van der Waals surface area contributed by atoms with E-state index in [1.54, 1.807) is 25.1 Å². The topological polar surface area (TPSA) is 76.0 Å². The van der Waals surface area contributed by atoms with E-state index in [9.17, 15) is 9.59 Å². The summed E-state index contributed by atoms with van der Waals surface area (Å²) in [6.45, 7) is 1.76. The van der Waals surface area contributed by atoms with Crippen LogP contribution in [-0.4, -0.2) is 21.5 Å². The Morgan fingerprint density at radius 3 is 2.80 bits per heavy atom. The summed E-state index contributed by atoms with van der Waals surface area (Å²) in [4.78, 5) is 27.0. The van der Waals surface area contributed by atoms with Gasteiger partial charge in [0.2, 0.25) is 5.91 Å². The molecule has 0 fully saturated rings. The molecule has 1 aromatic heterocycles. The first-order valence-corrected chi connectivity index (χ1v) is 6.36. The van der Waals surface area contributed by atoms with Crippen LogP contribution in [0.25, 0.3) is 0 Å². The number of amides is 2. The fourth-order valence-corrected chi connectivity index (χ4v) is 1.67. The third-order valence-corrected chi connectivity index (χ3v) is 2.88. The third-order valence-electron chi connectivity index (χ3n) is 2.55. The van der Waals surface area contributed by atoms with Crippen molar-refractivity contribution < 1.29 is 9.59 Å². The minimum absolute atomic E-state index is 0.112. The van der Waals surface area contributed by atoms with Gasteiger partial charge in [-0.25, -0.2) is 9.78 Å². The minimum Gasteiger partial charge on any atom is -0.326 e. The van der Waals surface area contributed by atoms with Crippen molar-refractivity contribution in [3.8, 4) is 0 Å². The number of nitrogens with zero attached hydrogens (tertiary/aromatic N) is 2. The summed E-state index contributed by atoms with van der Waals surface area (Å²) in [7, 11) is 0. The van der Waals surface area contributed by atoms with Gasteiger partial charge in [-0.05, 0) is 18.2 Å². The summed E-state index contributed by atoms with van der Waals surface area (Å²) in [5, 5.41) is 5.73. The Labute approximate surface area is 120 Å². The predicted molar refractivity (Wildman–Crippen MR) is 77.0 cm³/mol. The first-order chi connectivity index (χ1) is 9.60. The summed E-state index contributed by atoms with van der Waals surface area (Å²) >= 11 is 6.02. The molecule has 0 aliphatic rings. The number of rotatable bonds is 3. The largest absolute Gasteiger partial charge is 0.331 e. The lowest BCUT2D eigenvalue weighted by molar-refractivity contribution is -0.115. The molecule has 0 bridgehead atoms. The summed E-state index contributed by atoms with van der Waals surface area (Å²) in [6, 6.07) is 4.49. The van der Waals surface area contributed by atoms with Gasteiger partial charge in [-0.3, -0.25) is 9.36 Å². The number of carbonyl (C=O) groups excluding carboxylic acids is 2. The highest BCUT2D eigenvalue weighted by Crippen LogP contribution is 2.25. The summed E-state index contributed by atoms with van der Waals surface area (Å²) in [5.41, 5.74) is 0.987. The molecule has 1 heterocycles. The standard InChI is InChI=1S/C13H13ClN4O2/c1-2-12(19)16-9-3-4-10(14)11(7-9)17-13(20)18-6-5-15-8-18/h3-8H,2H2,1H3,(H,16,19)(H,17,20). The van der Waals surface area contributed by atoms with Gasteiger partial charge in [-0.1, -0.05) is 18.5 Å². The number of carbonyl (C=O) groups is 2. The second-order valence-electron chi connectivity index (χ2n) is 4.00. The van der Waals surface area contributed by atoms with Crippen LogP contribution < -0.4 is 10.6 Å². The molecular weight excluding hydrogens is 280 g/mol. The number of anilines is 2. The van der Waals surface area contributed by atoms with Gasteiger partial charge >= 0.3 is 6.03 Å². The molecule has 6 nitrogen and oxygen atoms in total. The highest BCUT2D eigenvalue weighted by atomic mass is 35.5. The number of halogens is 1. The van der Waals surface area contributed by atoms with E-state index in [1.807, 2.05) is 0 Å². The van der Waals surface area contributed by atoms with Crippen molar-refractivity contribution in [1.82, 2.24) is 9.55 Å². The number of imidazole rings is 1. The highest BCUT2D eigenvalue weighted by molar-refractivity contribution is 6.33. The average molecular weight is 293 g/mol. The van der Waals surface area contributed by atoms with Crippen LogP contribution in [-0.2, 0) is 4.79 Å². The van der Waals surface area contributed by atoms with Crippen LogP contribution in [0.5, 0.6) is 0 Å². The molecule has 2 aromatic rings. The maximum Gasteiger partial charge on any atom is 0.331 e. The Kier molecular flexibility index (Phi) is 4.37. The molecule has 0 spiro atoms. The number of nitrogens with one attached hydrogen (secondary N) is 2. The van der Waals surface area contributed by atoms with E-state index in [1.165, 1.54) is 23.3 Å². The van der Waals surface area contributed by atoms with Crippen LogP contribution in [0.3, 0.4) is 0 Å². The molecule has 104 valence electrons. The van der Waals surface area contributed by atoms with Gasteiger partial charge in [-0.15, -0.1) is 0 Å². The van der Waals surface area contributed by atoms with Crippen molar-refractivity contribution in [2.75, 3.05) is 10.6 Å². The highest BCUT2D eigenvalue weighted by Gasteiger charge is 2.09. The van der Waals surface area contributed by atoms with Gasteiger partial charge < -0.3 is 10.6 Å². The molecule has 0 aliphatic carbocycles. The smallest absolute Gasteiger partial charge is 0.326 e. The third kappa shape index (κ3) is 3.36. The quantitative estimate of drug-likeness (QED) is 0.913. The first-order valence-electron chi connectivity index (χ1n) is 5.99. The van der Waals surface area contributed by atoms with Crippen molar-refractivity contribution in [1.29, 1.82) is 0 Å². The molecular formula is C13H13ClN4O2. The van der Waals surface area contributed by atoms with Crippen molar-refractivity contribution >= 4 is 34.9 Å². The summed E-state index contributed by atoms with van der Waals surface area (Å²) < 4.78 is 1.29. The zero-order chi connectivity index (χ0) is 14.5. The summed E-state index contributed by atoms with van der Waals surface area (Å²) in [6.07, 6.45) is 4.77. The molecule has 0 unspecified atom stereocenters. The molecule has 0 radical (unpaired) electrons. The second-order valence-corrected chi connectivity index (χ2v) is 4.40. The van der Waals surface area contributed by atoms with Crippen LogP contribution in [0.2, 0.25) is 5.02 Å². The van der Waals surface area contributed by atoms with E-state index in [0.29, 0.717) is 22.8 Å². The molecule has 0 aliphatic heterocycles. The van der Waals surface area contributed by atoms with Crippen molar-refractivity contribution in [3.63, 3.8) is 0 Å². The van der Waals surface area contributed by atoms with E-state index in [-0.39, 0.29) is 11.9 Å². The van der Waals surface area contributed by atoms with Gasteiger partial charge in [0, 0.05) is 24.5 Å². The van der Waals surface area contributed by atoms with Gasteiger partial charge in [0.15, 0.2) is 0 Å². The molecule has 2 amide bonds. The van der Waals surface area contributed by atoms with Crippen LogP contribution in [0, 0.1) is 0 Å². The molecule has 0 saturated heterocycles. The Bertz CT molecular complexity index is 625. The Morgan fingerprint density at radius 1 is 1.35 bits per heavy atom. The zero-order valence-corrected chi connectivity index (χ0v) is 11.5. The predicted octanol–water partition coefficient (Wildman–Crippen LogP) is 2.97. The lowest BCUT2D eigenvalue weighted by Crippen LogP contribution is -2.18. The number of benzene rings is 1. The lowest BCUT2D eigenvalue weighted by atomic mass is 10.2. The maximum atomic E-state index is 11.9. The second kappa shape index (κ2) is 6.21. The molecule has 20 heavy (non-hydrogen) atoms. The maximum absolute atomic E-state index is 11.9. The Morgan fingerprint density at radius 2 is 2.15 bits per heavy atom. The minimum atomic E-state index is -0.386. The molecule has 2 rings (SSSR count). The molecule has 0 saturated carbocycles. The zero-order valence-electron chi connectivity index (χ0n) is 10.8. The summed E-state index contributed by atoms with van der Waals surface area (Å²) in [5.74, 6) is -0.112. The Balaban J connectivity index is 2.16. The molecule has 2 N–H and O–H groups in total. The fraction of sp³-hybridized carbons (Fsp3) is 0.154. The van der Waals surface area contributed by atoms with Crippen molar-refractivity contribution in [2.24, 2.45) is 0 Å². The average Bonchev–Trinajstić information content (AvgIpc) is 2.96. The fourth-order valence-electron chi connectivity index (χ4n) is 1.51. The van der Waals surface area contributed by atoms with Gasteiger partial charge in [-0.2, -0.15) is 0 Å². The number of aromatic nitrogens is 2. The van der Waals surface area contributed by atoms with Gasteiger partial charge in [0.1, 0.15) is 6.33 Å². The van der Waals surface area contributed by atoms with E-state index >= 15 is 0 Å². The van der Waals surface area contributed by atoms with Crippen LogP contribution in [0.15, 0.2) is 36.9 Å². The lowest BCUT2D eigenvalue weighted by Gasteiger charge is -2.10. The van der Waals surface area contributed by atoms with Crippen LogP contribution >= 0.6 is 11.6 Å². The van der Waals surface area contributed by atoms with Gasteiger partial charge in [0.25, 0.3) is 0 Å². The van der Waals surface area contributed by atoms with E-state index in [4.69, 9.17) is 11.6 Å². The molecule has 0 atom stereocenters. The normalized spacial score (nSPS) is 10.1.